The van der Waals surface area contributed by atoms with Gasteiger partial charge in [0.05, 0.1) is 11.8 Å². The highest BCUT2D eigenvalue weighted by Crippen LogP contribution is 2.23. The SMILES string of the molecule is CCc1ccc(NC(=O)C(=O)N/N=C\c2cc(Br)ccc2OC(=O)c2ccc(Cl)cc2)cc1. The maximum Gasteiger partial charge on any atom is 0.343 e. The highest BCUT2D eigenvalue weighted by Gasteiger charge is 2.14. The fourth-order valence-corrected chi connectivity index (χ4v) is 3.19. The third-order valence-corrected chi connectivity index (χ3v) is 5.20. The first-order chi connectivity index (χ1) is 15.9. The number of benzene rings is 3. The smallest absolute Gasteiger partial charge is 0.343 e. The molecule has 0 spiro atoms. The number of carbonyl (C=O) groups is 3. The van der Waals surface area contributed by atoms with Crippen LogP contribution in [0.5, 0.6) is 5.75 Å². The van der Waals surface area contributed by atoms with Crippen LogP contribution in [0.25, 0.3) is 0 Å². The van der Waals surface area contributed by atoms with E-state index < -0.39 is 17.8 Å². The number of nitrogens with zero attached hydrogens (tertiary/aromatic N) is 1. The molecule has 2 N–H and O–H groups in total. The summed E-state index contributed by atoms with van der Waals surface area (Å²) >= 11 is 9.18. The Kier molecular flexibility index (Phi) is 8.34. The number of hydrogen-bond donors (Lipinski definition) is 2. The summed E-state index contributed by atoms with van der Waals surface area (Å²) in [7, 11) is 0. The molecule has 0 atom stereocenters. The number of carbonyl (C=O) groups excluding carboxylic acids is 3. The minimum Gasteiger partial charge on any atom is -0.422 e. The van der Waals surface area contributed by atoms with Crippen molar-refractivity contribution in [3.63, 3.8) is 0 Å². The van der Waals surface area contributed by atoms with Gasteiger partial charge in [0, 0.05) is 20.7 Å². The van der Waals surface area contributed by atoms with Gasteiger partial charge in [0.1, 0.15) is 5.75 Å². The van der Waals surface area contributed by atoms with Crippen LogP contribution >= 0.6 is 27.5 Å². The summed E-state index contributed by atoms with van der Waals surface area (Å²) < 4.78 is 6.15. The van der Waals surface area contributed by atoms with Crippen LogP contribution in [0.4, 0.5) is 5.69 Å². The van der Waals surface area contributed by atoms with Gasteiger partial charge in [-0.3, -0.25) is 9.59 Å². The Labute approximate surface area is 203 Å². The first kappa shape index (κ1) is 24.2. The number of rotatable bonds is 6. The molecule has 0 bridgehead atoms. The van der Waals surface area contributed by atoms with E-state index in [9.17, 15) is 14.4 Å². The van der Waals surface area contributed by atoms with Crippen LogP contribution in [0, 0.1) is 0 Å². The normalized spacial score (nSPS) is 10.6. The molecule has 0 fully saturated rings. The lowest BCUT2D eigenvalue weighted by atomic mass is 10.1. The quantitative estimate of drug-likeness (QED) is 0.155. The van der Waals surface area contributed by atoms with Crippen LogP contribution in [-0.2, 0) is 16.0 Å². The van der Waals surface area contributed by atoms with Crippen LogP contribution in [0.2, 0.25) is 5.02 Å². The summed E-state index contributed by atoms with van der Waals surface area (Å²) in [6, 6.07) is 18.4. The molecule has 3 aromatic carbocycles. The standard InChI is InChI=1S/C24H19BrClN3O4/c1-2-15-3-10-20(11-4-15)28-22(30)23(31)29-27-14-17-13-18(25)7-12-21(17)33-24(32)16-5-8-19(26)9-6-16/h3-14H,2H2,1H3,(H,28,30)(H,29,31)/b27-14-. The zero-order chi connectivity index (χ0) is 23.8. The van der Waals surface area contributed by atoms with Gasteiger partial charge in [-0.05, 0) is 66.6 Å². The van der Waals surface area contributed by atoms with Gasteiger partial charge in [-0.25, -0.2) is 10.2 Å². The summed E-state index contributed by atoms with van der Waals surface area (Å²) in [5.41, 5.74) is 4.50. The second-order valence-corrected chi connectivity index (χ2v) is 8.13. The Bertz CT molecular complexity index is 1200. The first-order valence-electron chi connectivity index (χ1n) is 9.86. The number of aryl methyl sites for hydroxylation is 1. The van der Waals surface area contributed by atoms with Gasteiger partial charge >= 0.3 is 17.8 Å². The monoisotopic (exact) mass is 527 g/mol. The Morgan fingerprint density at radius 2 is 1.70 bits per heavy atom. The van der Waals surface area contributed by atoms with Crippen molar-refractivity contribution in [3.8, 4) is 5.75 Å². The molecule has 2 amide bonds. The molecular formula is C24H19BrClN3O4. The van der Waals surface area contributed by atoms with Gasteiger partial charge in [0.25, 0.3) is 0 Å². The van der Waals surface area contributed by atoms with Crippen molar-refractivity contribution in [1.29, 1.82) is 0 Å². The molecule has 168 valence electrons. The van der Waals surface area contributed by atoms with Gasteiger partial charge in [-0.1, -0.05) is 46.6 Å². The average molecular weight is 529 g/mol. The predicted octanol–water partition coefficient (Wildman–Crippen LogP) is 4.97. The Balaban J connectivity index is 1.64. The molecule has 0 aliphatic heterocycles. The predicted molar refractivity (Wildman–Crippen MR) is 131 cm³/mol. The van der Waals surface area contributed by atoms with E-state index in [4.69, 9.17) is 16.3 Å². The fraction of sp³-hybridized carbons (Fsp3) is 0.0833. The number of ether oxygens (including phenoxy) is 1. The second kappa shape index (κ2) is 11.4. The average Bonchev–Trinajstić information content (AvgIpc) is 2.81. The molecule has 7 nitrogen and oxygen atoms in total. The highest BCUT2D eigenvalue weighted by atomic mass is 79.9. The summed E-state index contributed by atoms with van der Waals surface area (Å²) in [6.07, 6.45) is 2.15. The minimum atomic E-state index is -0.944. The molecule has 9 heteroatoms. The van der Waals surface area contributed by atoms with Crippen molar-refractivity contribution in [1.82, 2.24) is 5.43 Å². The first-order valence-corrected chi connectivity index (χ1v) is 11.0. The lowest BCUT2D eigenvalue weighted by molar-refractivity contribution is -0.136. The number of hydrogen-bond acceptors (Lipinski definition) is 5. The molecule has 33 heavy (non-hydrogen) atoms. The van der Waals surface area contributed by atoms with E-state index in [1.807, 2.05) is 19.1 Å². The molecule has 0 aromatic heterocycles. The van der Waals surface area contributed by atoms with Gasteiger partial charge in [0.2, 0.25) is 0 Å². The van der Waals surface area contributed by atoms with E-state index >= 15 is 0 Å². The van der Waals surface area contributed by atoms with Crippen LogP contribution < -0.4 is 15.5 Å². The Hall–Kier alpha value is -3.49. The van der Waals surface area contributed by atoms with Crippen LogP contribution in [0.3, 0.4) is 0 Å². The summed E-state index contributed by atoms with van der Waals surface area (Å²) in [4.78, 5) is 36.5. The van der Waals surface area contributed by atoms with E-state index in [2.05, 4.69) is 31.8 Å². The molecule has 3 rings (SSSR count). The van der Waals surface area contributed by atoms with E-state index in [1.165, 1.54) is 6.21 Å². The van der Waals surface area contributed by atoms with E-state index in [0.717, 1.165) is 12.0 Å². The summed E-state index contributed by atoms with van der Waals surface area (Å²) in [5.74, 6) is -2.17. The van der Waals surface area contributed by atoms with Crippen LogP contribution in [0.1, 0.15) is 28.4 Å². The third kappa shape index (κ3) is 7.00. The zero-order valence-electron chi connectivity index (χ0n) is 17.5. The van der Waals surface area contributed by atoms with E-state index in [1.54, 1.807) is 54.6 Å². The number of esters is 1. The number of amides is 2. The maximum atomic E-state index is 12.4. The molecule has 0 radical (unpaired) electrons. The maximum absolute atomic E-state index is 12.4. The van der Waals surface area contributed by atoms with Crippen molar-refractivity contribution in [2.24, 2.45) is 5.10 Å². The minimum absolute atomic E-state index is 0.219. The molecule has 0 saturated carbocycles. The highest BCUT2D eigenvalue weighted by molar-refractivity contribution is 9.10. The van der Waals surface area contributed by atoms with Gasteiger partial charge in [0.15, 0.2) is 0 Å². The topological polar surface area (TPSA) is 96.9 Å². The van der Waals surface area contributed by atoms with Gasteiger partial charge in [-0.2, -0.15) is 5.10 Å². The fourth-order valence-electron chi connectivity index (χ4n) is 2.68. The lowest BCUT2D eigenvalue weighted by Crippen LogP contribution is -2.32. The zero-order valence-corrected chi connectivity index (χ0v) is 19.8. The van der Waals surface area contributed by atoms with Gasteiger partial charge < -0.3 is 10.1 Å². The molecule has 3 aromatic rings. The summed E-state index contributed by atoms with van der Waals surface area (Å²) in [6.45, 7) is 2.02. The Morgan fingerprint density at radius 3 is 2.36 bits per heavy atom. The molecule has 0 unspecified atom stereocenters. The second-order valence-electron chi connectivity index (χ2n) is 6.78. The lowest BCUT2D eigenvalue weighted by Gasteiger charge is -2.08. The van der Waals surface area contributed by atoms with Crippen LogP contribution in [0.15, 0.2) is 76.3 Å². The number of anilines is 1. The van der Waals surface area contributed by atoms with Crippen molar-refractivity contribution in [2.45, 2.75) is 13.3 Å². The summed E-state index contributed by atoms with van der Waals surface area (Å²) in [5, 5.41) is 6.81. The van der Waals surface area contributed by atoms with Crippen molar-refractivity contribution >= 4 is 57.2 Å². The molecule has 0 aliphatic carbocycles. The third-order valence-electron chi connectivity index (χ3n) is 4.45. The van der Waals surface area contributed by atoms with E-state index in [0.29, 0.717) is 26.3 Å². The number of halogens is 2. The number of hydrazone groups is 1. The Morgan fingerprint density at radius 1 is 1.00 bits per heavy atom. The van der Waals surface area contributed by atoms with Crippen molar-refractivity contribution < 1.29 is 19.1 Å². The molecular weight excluding hydrogens is 510 g/mol. The van der Waals surface area contributed by atoms with Crippen molar-refractivity contribution in [2.75, 3.05) is 5.32 Å². The molecule has 0 aliphatic rings. The molecule has 0 saturated heterocycles. The number of nitrogens with one attached hydrogen (secondary N) is 2. The van der Waals surface area contributed by atoms with Crippen LogP contribution in [-0.4, -0.2) is 24.0 Å². The van der Waals surface area contributed by atoms with Crippen molar-refractivity contribution in [3.05, 3.63) is 92.9 Å². The van der Waals surface area contributed by atoms with E-state index in [-0.39, 0.29) is 5.75 Å². The molecule has 0 heterocycles. The van der Waals surface area contributed by atoms with Gasteiger partial charge in [-0.15, -0.1) is 0 Å². The largest absolute Gasteiger partial charge is 0.422 e.